The Balaban J connectivity index is 1.98. The van der Waals surface area contributed by atoms with E-state index in [2.05, 4.69) is 34.7 Å². The van der Waals surface area contributed by atoms with Gasteiger partial charge >= 0.3 is 0 Å². The summed E-state index contributed by atoms with van der Waals surface area (Å²) >= 11 is 3.48. The zero-order valence-corrected chi connectivity index (χ0v) is 14.6. The van der Waals surface area contributed by atoms with Crippen LogP contribution in [0, 0.1) is 0 Å². The van der Waals surface area contributed by atoms with Gasteiger partial charge in [-0.15, -0.1) is 0 Å². The number of hydrogen-bond donors (Lipinski definition) is 1. The van der Waals surface area contributed by atoms with Crippen LogP contribution < -0.4 is 10.5 Å². The van der Waals surface area contributed by atoms with Crippen LogP contribution in [0.5, 0.6) is 5.75 Å². The Labute approximate surface area is 135 Å². The van der Waals surface area contributed by atoms with Crippen molar-refractivity contribution in [2.24, 2.45) is 5.73 Å². The predicted octanol–water partition coefficient (Wildman–Crippen LogP) is 2.96. The Kier molecular flexibility index (Phi) is 6.05. The van der Waals surface area contributed by atoms with Crippen LogP contribution in [0.3, 0.4) is 0 Å². The number of hydrogen-bond acceptors (Lipinski definition) is 4. The third kappa shape index (κ3) is 4.68. The fourth-order valence-electron chi connectivity index (χ4n) is 2.50. The normalized spacial score (nSPS) is 21.5. The Morgan fingerprint density at radius 1 is 1.43 bits per heavy atom. The molecule has 0 spiro atoms. The summed E-state index contributed by atoms with van der Waals surface area (Å²) < 4.78 is 12.8. The summed E-state index contributed by atoms with van der Waals surface area (Å²) in [5.41, 5.74) is 7.02. The van der Waals surface area contributed by atoms with Crippen LogP contribution >= 0.6 is 15.9 Å². The summed E-state index contributed by atoms with van der Waals surface area (Å²) in [5.74, 6) is 0.838. The molecule has 5 heteroatoms. The lowest BCUT2D eigenvalue weighted by Gasteiger charge is -2.35. The highest BCUT2D eigenvalue weighted by Gasteiger charge is 2.23. The Hall–Kier alpha value is -0.620. The van der Waals surface area contributed by atoms with E-state index in [0.29, 0.717) is 12.6 Å². The highest BCUT2D eigenvalue weighted by atomic mass is 79.9. The molecule has 1 fully saturated rings. The van der Waals surface area contributed by atoms with E-state index in [9.17, 15) is 0 Å². The van der Waals surface area contributed by atoms with Crippen LogP contribution in [0.1, 0.15) is 32.4 Å². The van der Waals surface area contributed by atoms with Crippen LogP contribution in [0.25, 0.3) is 0 Å². The molecule has 118 valence electrons. The maximum atomic E-state index is 6.00. The van der Waals surface area contributed by atoms with Crippen molar-refractivity contribution in [2.45, 2.75) is 39.0 Å². The highest BCUT2D eigenvalue weighted by Crippen LogP contribution is 2.28. The van der Waals surface area contributed by atoms with Gasteiger partial charge in [0.05, 0.1) is 6.61 Å². The number of ether oxygens (including phenoxy) is 2. The van der Waals surface area contributed by atoms with Gasteiger partial charge in [-0.05, 0) is 32.9 Å². The molecule has 1 aliphatic heterocycles. The minimum absolute atomic E-state index is 0.0486. The summed E-state index contributed by atoms with van der Waals surface area (Å²) in [6.45, 7) is 9.63. The van der Waals surface area contributed by atoms with Crippen molar-refractivity contribution < 1.29 is 9.47 Å². The standard InChI is InChI=1S/C16H25BrN2O2/c1-11(2)19-6-7-20-14(9-19)10-21-16-8-13(17)4-5-15(16)12(3)18/h4-5,8,11-12,14H,6-7,9-10,18H2,1-3H3/t12-,14?/m1/s1. The first-order valence-electron chi connectivity index (χ1n) is 7.51. The van der Waals surface area contributed by atoms with Gasteiger partial charge in [0.25, 0.3) is 0 Å². The van der Waals surface area contributed by atoms with Gasteiger partial charge in [0, 0.05) is 35.2 Å². The quantitative estimate of drug-likeness (QED) is 0.880. The molecular formula is C16H25BrN2O2. The maximum absolute atomic E-state index is 6.00. The topological polar surface area (TPSA) is 47.7 Å². The first kappa shape index (κ1) is 16.7. The van der Waals surface area contributed by atoms with Crippen LogP contribution in [0.4, 0.5) is 0 Å². The molecule has 2 atom stereocenters. The molecule has 0 amide bonds. The minimum Gasteiger partial charge on any atom is -0.490 e. The number of benzene rings is 1. The highest BCUT2D eigenvalue weighted by molar-refractivity contribution is 9.10. The second-order valence-corrected chi connectivity index (χ2v) is 6.78. The largest absolute Gasteiger partial charge is 0.490 e. The lowest BCUT2D eigenvalue weighted by Crippen LogP contribution is -2.47. The first-order valence-corrected chi connectivity index (χ1v) is 8.30. The van der Waals surface area contributed by atoms with Gasteiger partial charge in [-0.3, -0.25) is 4.90 Å². The lowest BCUT2D eigenvalue weighted by atomic mass is 10.1. The Morgan fingerprint density at radius 3 is 2.86 bits per heavy atom. The Morgan fingerprint density at radius 2 is 2.19 bits per heavy atom. The van der Waals surface area contributed by atoms with Gasteiger partial charge in [0.2, 0.25) is 0 Å². The molecule has 1 unspecified atom stereocenters. The molecule has 2 rings (SSSR count). The molecule has 0 bridgehead atoms. The van der Waals surface area contributed by atoms with Crippen molar-refractivity contribution in [3.05, 3.63) is 28.2 Å². The van der Waals surface area contributed by atoms with Gasteiger partial charge in [0.1, 0.15) is 18.5 Å². The molecule has 1 saturated heterocycles. The third-order valence-electron chi connectivity index (χ3n) is 3.79. The van der Waals surface area contributed by atoms with E-state index in [1.54, 1.807) is 0 Å². The predicted molar refractivity (Wildman–Crippen MR) is 88.7 cm³/mol. The van der Waals surface area contributed by atoms with Crippen LogP contribution in [-0.4, -0.2) is 43.3 Å². The number of halogens is 1. The van der Waals surface area contributed by atoms with E-state index >= 15 is 0 Å². The van der Waals surface area contributed by atoms with Crippen molar-refractivity contribution in [1.29, 1.82) is 0 Å². The minimum atomic E-state index is -0.0486. The molecule has 0 aliphatic carbocycles. The van der Waals surface area contributed by atoms with E-state index < -0.39 is 0 Å². The van der Waals surface area contributed by atoms with Gasteiger partial charge in [-0.2, -0.15) is 0 Å². The lowest BCUT2D eigenvalue weighted by molar-refractivity contribution is -0.0565. The fraction of sp³-hybridized carbons (Fsp3) is 0.625. The summed E-state index contributed by atoms with van der Waals surface area (Å²) in [6, 6.07) is 6.46. The SMILES string of the molecule is CC(C)N1CCOC(COc2cc(Br)ccc2[C@@H](C)N)C1. The first-order chi connectivity index (χ1) is 9.97. The van der Waals surface area contributed by atoms with E-state index in [4.69, 9.17) is 15.2 Å². The maximum Gasteiger partial charge on any atom is 0.125 e. The molecule has 0 aromatic heterocycles. The molecule has 0 saturated carbocycles. The van der Waals surface area contributed by atoms with Gasteiger partial charge in [-0.1, -0.05) is 22.0 Å². The third-order valence-corrected chi connectivity index (χ3v) is 4.28. The fourth-order valence-corrected chi connectivity index (χ4v) is 2.84. The number of nitrogens with zero attached hydrogens (tertiary/aromatic N) is 1. The van der Waals surface area contributed by atoms with Gasteiger partial charge in [0.15, 0.2) is 0 Å². The van der Waals surface area contributed by atoms with Crippen LogP contribution in [0.15, 0.2) is 22.7 Å². The summed E-state index contributed by atoms with van der Waals surface area (Å²) in [7, 11) is 0. The second kappa shape index (κ2) is 7.58. The number of nitrogens with two attached hydrogens (primary N) is 1. The average molecular weight is 357 g/mol. The van der Waals surface area contributed by atoms with Crippen molar-refractivity contribution in [1.82, 2.24) is 4.90 Å². The average Bonchev–Trinajstić information content (AvgIpc) is 2.45. The van der Waals surface area contributed by atoms with E-state index in [0.717, 1.165) is 35.5 Å². The zero-order chi connectivity index (χ0) is 15.4. The molecule has 2 N–H and O–H groups in total. The van der Waals surface area contributed by atoms with Crippen molar-refractivity contribution in [3.8, 4) is 5.75 Å². The molecule has 21 heavy (non-hydrogen) atoms. The van der Waals surface area contributed by atoms with Crippen LogP contribution in [-0.2, 0) is 4.74 Å². The molecule has 4 nitrogen and oxygen atoms in total. The van der Waals surface area contributed by atoms with E-state index in [-0.39, 0.29) is 12.1 Å². The molecular weight excluding hydrogens is 332 g/mol. The van der Waals surface area contributed by atoms with Crippen molar-refractivity contribution in [3.63, 3.8) is 0 Å². The zero-order valence-electron chi connectivity index (χ0n) is 13.0. The molecule has 1 heterocycles. The van der Waals surface area contributed by atoms with Crippen molar-refractivity contribution in [2.75, 3.05) is 26.3 Å². The number of morpholine rings is 1. The molecule has 1 aromatic carbocycles. The Bertz CT molecular complexity index is 466. The van der Waals surface area contributed by atoms with Gasteiger partial charge in [-0.25, -0.2) is 0 Å². The molecule has 0 radical (unpaired) electrons. The second-order valence-electron chi connectivity index (χ2n) is 5.86. The monoisotopic (exact) mass is 356 g/mol. The van der Waals surface area contributed by atoms with Crippen molar-refractivity contribution >= 4 is 15.9 Å². The van der Waals surface area contributed by atoms with Crippen LogP contribution in [0.2, 0.25) is 0 Å². The van der Waals surface area contributed by atoms with E-state index in [1.165, 1.54) is 0 Å². The summed E-state index contributed by atoms with van der Waals surface area (Å²) in [4.78, 5) is 2.42. The summed E-state index contributed by atoms with van der Waals surface area (Å²) in [5, 5.41) is 0. The summed E-state index contributed by atoms with van der Waals surface area (Å²) in [6.07, 6.45) is 0.112. The molecule has 1 aromatic rings. The molecule has 1 aliphatic rings. The smallest absolute Gasteiger partial charge is 0.125 e. The van der Waals surface area contributed by atoms with Gasteiger partial charge < -0.3 is 15.2 Å². The number of rotatable bonds is 5. The van der Waals surface area contributed by atoms with E-state index in [1.807, 2.05) is 25.1 Å².